The van der Waals surface area contributed by atoms with Crippen molar-refractivity contribution in [1.29, 1.82) is 0 Å². The second-order valence-corrected chi connectivity index (χ2v) is 4.91. The van der Waals surface area contributed by atoms with Gasteiger partial charge in [0.25, 0.3) is 0 Å². The monoisotopic (exact) mass is 175 g/mol. The summed E-state index contributed by atoms with van der Waals surface area (Å²) < 4.78 is 21.7. The van der Waals surface area contributed by atoms with Crippen molar-refractivity contribution in [3.63, 3.8) is 0 Å². The molecule has 1 aliphatic rings. The van der Waals surface area contributed by atoms with E-state index in [1.54, 1.807) is 0 Å². The first-order valence-corrected chi connectivity index (χ1v) is 5.23. The molecule has 5 heteroatoms. The lowest BCUT2D eigenvalue weighted by atomic mass is 10.2. The Morgan fingerprint density at radius 1 is 1.27 bits per heavy atom. The van der Waals surface area contributed by atoms with E-state index in [1.807, 2.05) is 0 Å². The van der Waals surface area contributed by atoms with Gasteiger partial charge in [-0.25, -0.2) is 18.2 Å². The Morgan fingerprint density at radius 2 is 1.82 bits per heavy atom. The fourth-order valence-electron chi connectivity index (χ4n) is 1.08. The zero-order chi connectivity index (χ0) is 8.32. The van der Waals surface area contributed by atoms with Crippen LogP contribution < -0.4 is 0 Å². The number of nitrogens with zero attached hydrogens (tertiary/aromatic N) is 1. The second kappa shape index (κ2) is 3.15. The predicted molar refractivity (Wildman–Crippen MR) is 39.8 cm³/mol. The van der Waals surface area contributed by atoms with E-state index < -0.39 is 9.84 Å². The van der Waals surface area contributed by atoms with Crippen LogP contribution in [0.1, 0.15) is 12.8 Å². The van der Waals surface area contributed by atoms with Crippen molar-refractivity contribution in [2.24, 2.45) is 4.99 Å². The number of hydrogen-bond donors (Lipinski definition) is 0. The fourth-order valence-corrected chi connectivity index (χ4v) is 2.55. The quantitative estimate of drug-likeness (QED) is 0.413. The van der Waals surface area contributed by atoms with E-state index in [9.17, 15) is 13.2 Å². The molecule has 0 aromatic rings. The molecule has 1 saturated heterocycles. The SMILES string of the molecule is O=C=NC1CCS(=O)(=O)CC1. The molecule has 1 rings (SSSR count). The molecule has 1 heterocycles. The van der Waals surface area contributed by atoms with Gasteiger partial charge in [0.15, 0.2) is 0 Å². The third kappa shape index (κ3) is 2.44. The smallest absolute Gasteiger partial charge is 0.229 e. The highest BCUT2D eigenvalue weighted by Crippen LogP contribution is 2.14. The van der Waals surface area contributed by atoms with Crippen LogP contribution in [0.2, 0.25) is 0 Å². The zero-order valence-electron chi connectivity index (χ0n) is 5.99. The van der Waals surface area contributed by atoms with Crippen LogP contribution in [0.15, 0.2) is 4.99 Å². The lowest BCUT2D eigenvalue weighted by molar-refractivity contribution is 0.531. The van der Waals surface area contributed by atoms with Crippen molar-refractivity contribution < 1.29 is 13.2 Å². The summed E-state index contributed by atoms with van der Waals surface area (Å²) in [5, 5.41) is 0. The number of isocyanates is 1. The highest BCUT2D eigenvalue weighted by Gasteiger charge is 2.22. The lowest BCUT2D eigenvalue weighted by Gasteiger charge is -2.15. The van der Waals surface area contributed by atoms with E-state index in [0.29, 0.717) is 12.8 Å². The maximum absolute atomic E-state index is 10.9. The van der Waals surface area contributed by atoms with Crippen LogP contribution >= 0.6 is 0 Å². The van der Waals surface area contributed by atoms with Crippen LogP contribution in [0.25, 0.3) is 0 Å². The Labute approximate surface area is 65.2 Å². The molecule has 0 spiro atoms. The topological polar surface area (TPSA) is 63.6 Å². The molecule has 0 amide bonds. The van der Waals surface area contributed by atoms with Crippen molar-refractivity contribution in [1.82, 2.24) is 0 Å². The number of carbonyl (C=O) groups excluding carboxylic acids is 1. The van der Waals surface area contributed by atoms with Gasteiger partial charge in [-0.1, -0.05) is 0 Å². The van der Waals surface area contributed by atoms with E-state index in [1.165, 1.54) is 6.08 Å². The molecule has 4 nitrogen and oxygen atoms in total. The van der Waals surface area contributed by atoms with Crippen molar-refractivity contribution in [2.45, 2.75) is 18.9 Å². The summed E-state index contributed by atoms with van der Waals surface area (Å²) in [5.41, 5.74) is 0. The van der Waals surface area contributed by atoms with E-state index >= 15 is 0 Å². The molecule has 11 heavy (non-hydrogen) atoms. The van der Waals surface area contributed by atoms with Crippen LogP contribution in [0.4, 0.5) is 0 Å². The minimum atomic E-state index is -2.82. The highest BCUT2D eigenvalue weighted by atomic mass is 32.2. The standard InChI is InChI=1S/C6H9NO3S/c8-5-7-6-1-3-11(9,10)4-2-6/h6H,1-4H2. The fraction of sp³-hybridized carbons (Fsp3) is 0.833. The molecule has 62 valence electrons. The molecule has 1 aliphatic heterocycles. The molecular weight excluding hydrogens is 166 g/mol. The summed E-state index contributed by atoms with van der Waals surface area (Å²) in [6.07, 6.45) is 2.38. The second-order valence-electron chi connectivity index (χ2n) is 2.60. The van der Waals surface area contributed by atoms with Gasteiger partial charge in [0.05, 0.1) is 17.5 Å². The average molecular weight is 175 g/mol. The molecule has 0 aromatic heterocycles. The van der Waals surface area contributed by atoms with E-state index in [0.717, 1.165) is 0 Å². The summed E-state index contributed by atoms with van der Waals surface area (Å²) in [6.45, 7) is 0. The predicted octanol–water partition coefficient (Wildman–Crippen LogP) is -0.101. The molecule has 0 saturated carbocycles. The first-order chi connectivity index (χ1) is 5.14. The maximum atomic E-state index is 10.9. The highest BCUT2D eigenvalue weighted by molar-refractivity contribution is 7.91. The molecule has 0 aliphatic carbocycles. The van der Waals surface area contributed by atoms with Gasteiger partial charge in [-0.05, 0) is 12.8 Å². The first-order valence-electron chi connectivity index (χ1n) is 3.41. The summed E-state index contributed by atoms with van der Waals surface area (Å²) in [5.74, 6) is 0.311. The van der Waals surface area contributed by atoms with Crippen LogP contribution in [-0.4, -0.2) is 32.0 Å². The minimum absolute atomic E-state index is 0.115. The Hall–Kier alpha value is -0.670. The molecule has 0 bridgehead atoms. The normalized spacial score (nSPS) is 24.0. The van der Waals surface area contributed by atoms with Crippen molar-refractivity contribution in [3.05, 3.63) is 0 Å². The average Bonchev–Trinajstić information content (AvgIpc) is 1.94. The molecular formula is C6H9NO3S. The van der Waals surface area contributed by atoms with Gasteiger partial charge >= 0.3 is 0 Å². The van der Waals surface area contributed by atoms with Gasteiger partial charge in [0, 0.05) is 0 Å². The first kappa shape index (κ1) is 8.43. The summed E-state index contributed by atoms with van der Waals surface area (Å²) in [4.78, 5) is 13.3. The minimum Gasteiger partial charge on any atom is -0.229 e. The van der Waals surface area contributed by atoms with Gasteiger partial charge in [0.1, 0.15) is 9.84 Å². The number of aliphatic imine (C=N–C) groups is 1. The summed E-state index contributed by atoms with van der Waals surface area (Å²) in [6, 6.07) is -0.115. The third-order valence-corrected chi connectivity index (χ3v) is 3.47. The van der Waals surface area contributed by atoms with E-state index in [2.05, 4.69) is 4.99 Å². The van der Waals surface area contributed by atoms with E-state index in [4.69, 9.17) is 0 Å². The van der Waals surface area contributed by atoms with Gasteiger partial charge in [-0.2, -0.15) is 0 Å². The summed E-state index contributed by atoms with van der Waals surface area (Å²) >= 11 is 0. The Bertz CT molecular complexity index is 262. The number of sulfone groups is 1. The molecule has 0 atom stereocenters. The van der Waals surface area contributed by atoms with Crippen LogP contribution in [0, 0.1) is 0 Å². The molecule has 1 fully saturated rings. The van der Waals surface area contributed by atoms with Gasteiger partial charge < -0.3 is 0 Å². The molecule has 0 unspecified atom stereocenters. The van der Waals surface area contributed by atoms with Gasteiger partial charge in [0.2, 0.25) is 6.08 Å². The van der Waals surface area contributed by atoms with Crippen LogP contribution in [-0.2, 0) is 14.6 Å². The van der Waals surface area contributed by atoms with Crippen molar-refractivity contribution in [2.75, 3.05) is 11.5 Å². The Morgan fingerprint density at radius 3 is 2.27 bits per heavy atom. The lowest BCUT2D eigenvalue weighted by Crippen LogP contribution is -2.25. The number of hydrogen-bond acceptors (Lipinski definition) is 4. The zero-order valence-corrected chi connectivity index (χ0v) is 6.80. The van der Waals surface area contributed by atoms with E-state index in [-0.39, 0.29) is 17.5 Å². The third-order valence-electron chi connectivity index (χ3n) is 1.76. The molecule has 0 radical (unpaired) electrons. The molecule has 0 N–H and O–H groups in total. The largest absolute Gasteiger partial charge is 0.235 e. The Kier molecular flexibility index (Phi) is 2.42. The maximum Gasteiger partial charge on any atom is 0.235 e. The number of rotatable bonds is 1. The Balaban J connectivity index is 2.55. The van der Waals surface area contributed by atoms with Gasteiger partial charge in [-0.3, -0.25) is 0 Å². The van der Waals surface area contributed by atoms with Crippen molar-refractivity contribution in [3.8, 4) is 0 Å². The van der Waals surface area contributed by atoms with Crippen molar-refractivity contribution >= 4 is 15.9 Å². The summed E-state index contributed by atoms with van der Waals surface area (Å²) in [7, 11) is -2.82. The van der Waals surface area contributed by atoms with Crippen LogP contribution in [0.3, 0.4) is 0 Å². The van der Waals surface area contributed by atoms with Crippen LogP contribution in [0.5, 0.6) is 0 Å². The van der Waals surface area contributed by atoms with Gasteiger partial charge in [-0.15, -0.1) is 0 Å². The molecule has 0 aromatic carbocycles.